The first kappa shape index (κ1) is 11.7. The zero-order valence-corrected chi connectivity index (χ0v) is 10.6. The molecule has 2 unspecified atom stereocenters. The summed E-state index contributed by atoms with van der Waals surface area (Å²) in [6, 6.07) is 5.70. The van der Waals surface area contributed by atoms with Crippen LogP contribution in [0.25, 0.3) is 0 Å². The highest BCUT2D eigenvalue weighted by molar-refractivity contribution is 6.32. The third-order valence-corrected chi connectivity index (χ3v) is 4.14. The Labute approximate surface area is 110 Å². The second kappa shape index (κ2) is 4.35. The Kier molecular flexibility index (Phi) is 2.82. The molecule has 1 aromatic carbocycles. The number of benzene rings is 1. The van der Waals surface area contributed by atoms with Gasteiger partial charge in [0.1, 0.15) is 5.75 Å². The number of rotatable bonds is 0. The molecule has 1 N–H and O–H groups in total. The fourth-order valence-corrected chi connectivity index (χ4v) is 3.19. The molecule has 5 heteroatoms. The van der Waals surface area contributed by atoms with Crippen LogP contribution in [0.3, 0.4) is 0 Å². The summed E-state index contributed by atoms with van der Waals surface area (Å²) in [5, 5.41) is 9.71. The highest BCUT2D eigenvalue weighted by Crippen LogP contribution is 2.44. The van der Waals surface area contributed by atoms with E-state index in [9.17, 15) is 4.79 Å². The fourth-order valence-electron chi connectivity index (χ4n) is 2.95. The van der Waals surface area contributed by atoms with Crippen LogP contribution in [0, 0.1) is 5.92 Å². The van der Waals surface area contributed by atoms with Crippen LogP contribution in [0.15, 0.2) is 18.2 Å². The van der Waals surface area contributed by atoms with Gasteiger partial charge >= 0.3 is 6.09 Å². The summed E-state index contributed by atoms with van der Waals surface area (Å²) < 4.78 is 5.71. The first-order valence-corrected chi connectivity index (χ1v) is 6.43. The summed E-state index contributed by atoms with van der Waals surface area (Å²) in [6.07, 6.45) is 0.0342. The van der Waals surface area contributed by atoms with Gasteiger partial charge in [0.2, 0.25) is 0 Å². The molecule has 2 atom stereocenters. The topological polar surface area (TPSA) is 49.8 Å². The van der Waals surface area contributed by atoms with Gasteiger partial charge in [-0.1, -0.05) is 23.7 Å². The molecule has 1 fully saturated rings. The van der Waals surface area contributed by atoms with Crippen LogP contribution in [-0.4, -0.2) is 35.8 Å². The first-order chi connectivity index (χ1) is 8.66. The number of nitrogens with zero attached hydrogens (tertiary/aromatic N) is 1. The number of likely N-dealkylation sites (tertiary alicyclic amines) is 1. The van der Waals surface area contributed by atoms with Gasteiger partial charge in [-0.2, -0.15) is 0 Å². The normalized spacial score (nSPS) is 25.9. The maximum Gasteiger partial charge on any atom is 0.407 e. The molecule has 96 valence electrons. The van der Waals surface area contributed by atoms with E-state index in [1.807, 2.05) is 18.2 Å². The van der Waals surface area contributed by atoms with Gasteiger partial charge in [-0.05, 0) is 18.4 Å². The van der Waals surface area contributed by atoms with E-state index in [1.165, 1.54) is 4.90 Å². The Morgan fingerprint density at radius 2 is 2.28 bits per heavy atom. The Morgan fingerprint density at radius 1 is 1.44 bits per heavy atom. The summed E-state index contributed by atoms with van der Waals surface area (Å²) >= 11 is 6.15. The third kappa shape index (κ3) is 1.81. The molecule has 2 aliphatic rings. The van der Waals surface area contributed by atoms with Crippen molar-refractivity contribution in [3.63, 3.8) is 0 Å². The quantitative estimate of drug-likeness (QED) is 0.786. The van der Waals surface area contributed by atoms with Crippen LogP contribution < -0.4 is 4.74 Å². The minimum absolute atomic E-state index is 0.206. The number of hydrogen-bond acceptors (Lipinski definition) is 2. The van der Waals surface area contributed by atoms with Gasteiger partial charge in [0, 0.05) is 24.6 Å². The van der Waals surface area contributed by atoms with Crippen LogP contribution in [0.2, 0.25) is 5.02 Å². The molecule has 18 heavy (non-hydrogen) atoms. The number of halogens is 1. The van der Waals surface area contributed by atoms with E-state index < -0.39 is 6.09 Å². The fraction of sp³-hybridized carbons (Fsp3) is 0.462. The molecule has 1 aromatic rings. The first-order valence-electron chi connectivity index (χ1n) is 6.06. The van der Waals surface area contributed by atoms with Crippen LogP contribution in [0.5, 0.6) is 5.75 Å². The average molecular weight is 268 g/mol. The average Bonchev–Trinajstić information content (AvgIpc) is 2.68. The summed E-state index contributed by atoms with van der Waals surface area (Å²) in [5.41, 5.74) is 1.05. The molecular weight excluding hydrogens is 254 g/mol. The van der Waals surface area contributed by atoms with E-state index in [1.54, 1.807) is 0 Å². The van der Waals surface area contributed by atoms with E-state index >= 15 is 0 Å². The highest BCUT2D eigenvalue weighted by atomic mass is 35.5. The number of hydrogen-bond donors (Lipinski definition) is 1. The lowest BCUT2D eigenvalue weighted by atomic mass is 9.87. The summed E-state index contributed by atoms with van der Waals surface area (Å²) in [6.45, 7) is 1.73. The lowest BCUT2D eigenvalue weighted by Gasteiger charge is -2.16. The zero-order valence-electron chi connectivity index (χ0n) is 9.80. The van der Waals surface area contributed by atoms with E-state index in [2.05, 4.69) is 0 Å². The second-order valence-corrected chi connectivity index (χ2v) is 5.26. The van der Waals surface area contributed by atoms with Gasteiger partial charge in [0.05, 0.1) is 11.6 Å². The van der Waals surface area contributed by atoms with Crippen LogP contribution in [0.4, 0.5) is 4.79 Å². The number of ether oxygens (including phenoxy) is 1. The molecule has 0 radical (unpaired) electrons. The lowest BCUT2D eigenvalue weighted by Crippen LogP contribution is -2.27. The molecule has 3 rings (SSSR count). The maximum atomic E-state index is 11.1. The van der Waals surface area contributed by atoms with Crippen LogP contribution in [0.1, 0.15) is 17.9 Å². The SMILES string of the molecule is O=C(O)N1CC2CCOc3c(Cl)cccc3C2C1. The van der Waals surface area contributed by atoms with Crippen molar-refractivity contribution < 1.29 is 14.6 Å². The lowest BCUT2D eigenvalue weighted by molar-refractivity contribution is 0.152. The second-order valence-electron chi connectivity index (χ2n) is 4.85. The molecule has 4 nitrogen and oxygen atoms in total. The van der Waals surface area contributed by atoms with Crippen molar-refractivity contribution >= 4 is 17.7 Å². The molecule has 1 amide bonds. The molecule has 0 spiro atoms. The number of carboxylic acid groups (broad SMARTS) is 1. The van der Waals surface area contributed by atoms with Gasteiger partial charge in [0.15, 0.2) is 0 Å². The molecule has 0 bridgehead atoms. The monoisotopic (exact) mass is 267 g/mol. The summed E-state index contributed by atoms with van der Waals surface area (Å²) in [4.78, 5) is 12.6. The van der Waals surface area contributed by atoms with Crippen molar-refractivity contribution in [1.29, 1.82) is 0 Å². The minimum atomic E-state index is -0.840. The van der Waals surface area contributed by atoms with Crippen molar-refractivity contribution in [1.82, 2.24) is 4.90 Å². The van der Waals surface area contributed by atoms with Crippen LogP contribution >= 0.6 is 11.6 Å². The molecule has 0 saturated carbocycles. The van der Waals surface area contributed by atoms with Gasteiger partial charge in [0.25, 0.3) is 0 Å². The molecule has 2 heterocycles. The van der Waals surface area contributed by atoms with E-state index in [4.69, 9.17) is 21.4 Å². The largest absolute Gasteiger partial charge is 0.492 e. The Balaban J connectivity index is 1.99. The third-order valence-electron chi connectivity index (χ3n) is 3.84. The standard InChI is InChI=1S/C13H14ClNO3/c14-11-3-1-2-9-10-7-15(13(16)17)6-8(10)4-5-18-12(9)11/h1-3,8,10H,4-7H2,(H,16,17). The predicted molar refractivity (Wildman–Crippen MR) is 67.4 cm³/mol. The number of para-hydroxylation sites is 1. The number of carbonyl (C=O) groups is 1. The minimum Gasteiger partial charge on any atom is -0.492 e. The Bertz CT molecular complexity index is 491. The molecular formula is C13H14ClNO3. The van der Waals surface area contributed by atoms with Gasteiger partial charge in [-0.25, -0.2) is 4.79 Å². The molecule has 0 aliphatic carbocycles. The molecule has 0 aromatic heterocycles. The molecule has 1 saturated heterocycles. The molecule has 2 aliphatic heterocycles. The smallest absolute Gasteiger partial charge is 0.407 e. The number of amides is 1. The number of fused-ring (bicyclic) bond motifs is 3. The Morgan fingerprint density at radius 3 is 3.06 bits per heavy atom. The van der Waals surface area contributed by atoms with Crippen molar-refractivity contribution in [3.8, 4) is 5.75 Å². The summed E-state index contributed by atoms with van der Waals surface area (Å²) in [5.74, 6) is 1.28. The Hall–Kier alpha value is -1.42. The van der Waals surface area contributed by atoms with Crippen molar-refractivity contribution in [2.45, 2.75) is 12.3 Å². The van der Waals surface area contributed by atoms with Gasteiger partial charge in [-0.15, -0.1) is 0 Å². The van der Waals surface area contributed by atoms with E-state index in [-0.39, 0.29) is 5.92 Å². The highest BCUT2D eigenvalue weighted by Gasteiger charge is 2.39. The van der Waals surface area contributed by atoms with Crippen LogP contribution in [-0.2, 0) is 0 Å². The predicted octanol–water partition coefficient (Wildman–Crippen LogP) is 2.82. The van der Waals surface area contributed by atoms with Gasteiger partial charge in [-0.3, -0.25) is 0 Å². The van der Waals surface area contributed by atoms with E-state index in [0.717, 1.165) is 17.7 Å². The zero-order chi connectivity index (χ0) is 12.7. The van der Waals surface area contributed by atoms with E-state index in [0.29, 0.717) is 30.6 Å². The summed E-state index contributed by atoms with van der Waals surface area (Å²) in [7, 11) is 0. The van der Waals surface area contributed by atoms with Crippen molar-refractivity contribution in [2.75, 3.05) is 19.7 Å². The maximum absolute atomic E-state index is 11.1. The van der Waals surface area contributed by atoms with Gasteiger partial charge < -0.3 is 14.7 Å². The van der Waals surface area contributed by atoms with Crippen molar-refractivity contribution in [2.24, 2.45) is 5.92 Å². The van der Waals surface area contributed by atoms with Crippen molar-refractivity contribution in [3.05, 3.63) is 28.8 Å².